The zero-order valence-corrected chi connectivity index (χ0v) is 17.7. The molecule has 0 aromatic heterocycles. The second-order valence-corrected chi connectivity index (χ2v) is 8.31. The number of fused-ring (bicyclic) bond motifs is 1. The third-order valence-electron chi connectivity index (χ3n) is 6.05. The summed E-state index contributed by atoms with van der Waals surface area (Å²) in [5.74, 6) is -0.814. The van der Waals surface area contributed by atoms with Gasteiger partial charge in [0.2, 0.25) is 0 Å². The van der Waals surface area contributed by atoms with Crippen molar-refractivity contribution in [3.63, 3.8) is 0 Å². The fourth-order valence-corrected chi connectivity index (χ4v) is 3.87. The van der Waals surface area contributed by atoms with Crippen molar-refractivity contribution in [3.8, 4) is 5.75 Å². The van der Waals surface area contributed by atoms with Crippen molar-refractivity contribution in [1.82, 2.24) is 0 Å². The third kappa shape index (κ3) is 4.52. The van der Waals surface area contributed by atoms with Crippen LogP contribution in [0.15, 0.2) is 48.5 Å². The molecule has 0 amide bonds. The van der Waals surface area contributed by atoms with Crippen LogP contribution < -0.4 is 4.74 Å². The molecule has 2 aromatic carbocycles. The van der Waals surface area contributed by atoms with Crippen molar-refractivity contribution in [1.29, 1.82) is 0 Å². The molecule has 0 N–H and O–H groups in total. The lowest BCUT2D eigenvalue weighted by Crippen LogP contribution is -2.26. The van der Waals surface area contributed by atoms with E-state index in [4.69, 9.17) is 9.47 Å². The number of hydrogen-bond donors (Lipinski definition) is 0. The Bertz CT molecular complexity index is 874. The van der Waals surface area contributed by atoms with Gasteiger partial charge in [-0.3, -0.25) is 9.59 Å². The Morgan fingerprint density at radius 1 is 1.17 bits per heavy atom. The van der Waals surface area contributed by atoms with Crippen molar-refractivity contribution in [2.24, 2.45) is 5.41 Å². The summed E-state index contributed by atoms with van der Waals surface area (Å²) in [6, 6.07) is 15.1. The lowest BCUT2D eigenvalue weighted by Gasteiger charge is -2.27. The molecule has 0 aliphatic carbocycles. The highest BCUT2D eigenvalue weighted by molar-refractivity contribution is 5.90. The minimum absolute atomic E-state index is 0.0146. The fraction of sp³-hybridized carbons (Fsp3) is 0.440. The zero-order valence-electron chi connectivity index (χ0n) is 17.7. The van der Waals surface area contributed by atoms with E-state index in [2.05, 4.69) is 20.8 Å². The molecule has 4 heteroatoms. The quantitative estimate of drug-likeness (QED) is 0.432. The molecule has 1 heterocycles. The highest BCUT2D eigenvalue weighted by Gasteiger charge is 2.35. The maximum atomic E-state index is 12.7. The Hall–Kier alpha value is -2.62. The Morgan fingerprint density at radius 2 is 1.90 bits per heavy atom. The van der Waals surface area contributed by atoms with Crippen LogP contribution in [-0.2, 0) is 14.3 Å². The molecule has 3 unspecified atom stereocenters. The van der Waals surface area contributed by atoms with Gasteiger partial charge in [0.1, 0.15) is 11.7 Å². The summed E-state index contributed by atoms with van der Waals surface area (Å²) in [6.07, 6.45) is 3.07. The van der Waals surface area contributed by atoms with Gasteiger partial charge in [0.25, 0.3) is 0 Å². The van der Waals surface area contributed by atoms with E-state index < -0.39 is 11.8 Å². The van der Waals surface area contributed by atoms with E-state index in [0.717, 1.165) is 36.0 Å². The van der Waals surface area contributed by atoms with E-state index in [9.17, 15) is 9.59 Å². The molecule has 1 aliphatic rings. The number of esters is 2. The summed E-state index contributed by atoms with van der Waals surface area (Å²) >= 11 is 0. The Labute approximate surface area is 173 Å². The van der Waals surface area contributed by atoms with Crippen molar-refractivity contribution in [2.75, 3.05) is 6.61 Å². The number of carbonyl (C=O) groups excluding carboxylic acids is 2. The molecule has 3 atom stereocenters. The lowest BCUT2D eigenvalue weighted by atomic mass is 9.84. The molecule has 0 radical (unpaired) electrons. The molecule has 2 aromatic rings. The fourth-order valence-electron chi connectivity index (χ4n) is 3.87. The number of benzene rings is 2. The number of hydrogen-bond acceptors (Lipinski definition) is 4. The molecule has 4 nitrogen and oxygen atoms in total. The topological polar surface area (TPSA) is 52.6 Å². The summed E-state index contributed by atoms with van der Waals surface area (Å²) in [7, 11) is 0. The second kappa shape index (κ2) is 8.81. The van der Waals surface area contributed by atoms with Crippen LogP contribution in [0, 0.1) is 5.41 Å². The van der Waals surface area contributed by atoms with Crippen LogP contribution in [0.5, 0.6) is 5.75 Å². The number of rotatable bonds is 8. The Balaban J connectivity index is 1.78. The van der Waals surface area contributed by atoms with E-state index in [-0.39, 0.29) is 17.4 Å². The van der Waals surface area contributed by atoms with Gasteiger partial charge in [0, 0.05) is 11.0 Å². The van der Waals surface area contributed by atoms with Gasteiger partial charge in [-0.1, -0.05) is 69.7 Å². The monoisotopic (exact) mass is 394 g/mol. The third-order valence-corrected chi connectivity index (χ3v) is 6.05. The van der Waals surface area contributed by atoms with Gasteiger partial charge in [-0.25, -0.2) is 0 Å². The van der Waals surface area contributed by atoms with Crippen LogP contribution in [0.25, 0.3) is 0 Å². The first-order chi connectivity index (χ1) is 13.9. The molecule has 0 saturated heterocycles. The first-order valence-corrected chi connectivity index (χ1v) is 10.5. The first kappa shape index (κ1) is 21.1. The van der Waals surface area contributed by atoms with Crippen molar-refractivity contribution in [2.45, 2.75) is 58.8 Å². The smallest absolute Gasteiger partial charge is 0.323 e. The summed E-state index contributed by atoms with van der Waals surface area (Å²) < 4.78 is 11.1. The predicted octanol–water partition coefficient (Wildman–Crippen LogP) is 5.60. The van der Waals surface area contributed by atoms with E-state index in [1.54, 1.807) is 6.07 Å². The average molecular weight is 395 g/mol. The highest BCUT2D eigenvalue weighted by atomic mass is 16.5. The maximum Gasteiger partial charge on any atom is 0.323 e. The summed E-state index contributed by atoms with van der Waals surface area (Å²) in [6.45, 7) is 8.73. The first-order valence-electron chi connectivity index (χ1n) is 10.5. The maximum absolute atomic E-state index is 12.7. The summed E-state index contributed by atoms with van der Waals surface area (Å²) in [5, 5.41) is 0. The molecule has 0 spiro atoms. The van der Waals surface area contributed by atoms with Crippen LogP contribution in [-0.4, -0.2) is 18.5 Å². The molecule has 1 aliphatic heterocycles. The van der Waals surface area contributed by atoms with Crippen molar-refractivity contribution >= 4 is 11.9 Å². The largest absolute Gasteiger partial charge is 0.465 e. The second-order valence-electron chi connectivity index (χ2n) is 8.31. The van der Waals surface area contributed by atoms with Crippen LogP contribution in [0.2, 0.25) is 0 Å². The van der Waals surface area contributed by atoms with Gasteiger partial charge in [0.15, 0.2) is 0 Å². The summed E-state index contributed by atoms with van der Waals surface area (Å²) in [5.41, 5.74) is 2.55. The van der Waals surface area contributed by atoms with E-state index in [1.807, 2.05) is 49.4 Å². The van der Waals surface area contributed by atoms with Gasteiger partial charge in [-0.15, -0.1) is 0 Å². The number of carbonyl (C=O) groups is 2. The van der Waals surface area contributed by atoms with Crippen LogP contribution in [0.3, 0.4) is 0 Å². The molecule has 29 heavy (non-hydrogen) atoms. The molecule has 0 saturated carbocycles. The van der Waals surface area contributed by atoms with Gasteiger partial charge in [-0.2, -0.15) is 0 Å². The van der Waals surface area contributed by atoms with Crippen LogP contribution >= 0.6 is 0 Å². The molecule has 154 valence electrons. The standard InChI is InChI=1S/C25H30O4/c1-5-14-25(4,6-2)16-28-23(26)17(3)19-12-13-21-20(15-19)22(24(27)29-21)18-10-8-7-9-11-18/h7-13,15,17,22H,5-6,14,16H2,1-4H3. The average Bonchev–Trinajstić information content (AvgIpc) is 3.07. The van der Waals surface area contributed by atoms with E-state index in [1.165, 1.54) is 0 Å². The highest BCUT2D eigenvalue weighted by Crippen LogP contribution is 2.40. The van der Waals surface area contributed by atoms with Crippen LogP contribution in [0.1, 0.15) is 75.5 Å². The van der Waals surface area contributed by atoms with Gasteiger partial charge in [-0.05, 0) is 37.0 Å². The van der Waals surface area contributed by atoms with Crippen molar-refractivity contribution < 1.29 is 19.1 Å². The molecular weight excluding hydrogens is 364 g/mol. The van der Waals surface area contributed by atoms with Crippen molar-refractivity contribution in [3.05, 3.63) is 65.2 Å². The zero-order chi connectivity index (χ0) is 21.0. The molecular formula is C25H30O4. The van der Waals surface area contributed by atoms with E-state index >= 15 is 0 Å². The van der Waals surface area contributed by atoms with Gasteiger partial charge < -0.3 is 9.47 Å². The summed E-state index contributed by atoms with van der Waals surface area (Å²) in [4.78, 5) is 25.1. The SMILES string of the molecule is CCCC(C)(CC)COC(=O)C(C)c1ccc2c(c1)C(c1ccccc1)C(=O)O2. The molecule has 0 bridgehead atoms. The normalized spacial score (nSPS) is 18.5. The predicted molar refractivity (Wildman–Crippen MR) is 113 cm³/mol. The lowest BCUT2D eigenvalue weighted by molar-refractivity contribution is -0.148. The number of ether oxygens (including phenoxy) is 2. The van der Waals surface area contributed by atoms with Gasteiger partial charge in [0.05, 0.1) is 12.5 Å². The Morgan fingerprint density at radius 3 is 2.55 bits per heavy atom. The Kier molecular flexibility index (Phi) is 6.41. The van der Waals surface area contributed by atoms with Gasteiger partial charge >= 0.3 is 11.9 Å². The van der Waals surface area contributed by atoms with Crippen LogP contribution in [0.4, 0.5) is 0 Å². The molecule has 0 fully saturated rings. The minimum Gasteiger partial charge on any atom is -0.465 e. The minimum atomic E-state index is -0.456. The molecule has 3 rings (SSSR count). The van der Waals surface area contributed by atoms with E-state index in [0.29, 0.717) is 12.4 Å².